The Hall–Kier alpha value is -3.41. The van der Waals surface area contributed by atoms with Crippen molar-refractivity contribution in [3.05, 3.63) is 89.5 Å². The quantitative estimate of drug-likeness (QED) is 0.689. The van der Waals surface area contributed by atoms with Gasteiger partial charge < -0.3 is 14.8 Å². The smallest absolute Gasteiger partial charge is 0.226 e. The summed E-state index contributed by atoms with van der Waals surface area (Å²) in [5.74, 6) is 0.292. The Labute approximate surface area is 176 Å². The molecule has 0 spiro atoms. The number of rotatable bonds is 6. The van der Waals surface area contributed by atoms with E-state index in [-0.39, 0.29) is 30.2 Å². The average molecular weight is 402 g/mol. The Morgan fingerprint density at radius 1 is 1.17 bits per heavy atom. The van der Waals surface area contributed by atoms with Crippen molar-refractivity contribution in [3.8, 4) is 0 Å². The lowest BCUT2D eigenvalue weighted by atomic mass is 10.0. The maximum absolute atomic E-state index is 13.1. The Bertz CT molecular complexity index is 1030. The zero-order valence-electron chi connectivity index (χ0n) is 17.3. The molecule has 6 heteroatoms. The highest BCUT2D eigenvalue weighted by Crippen LogP contribution is 2.24. The molecule has 0 saturated carbocycles. The van der Waals surface area contributed by atoms with E-state index in [9.17, 15) is 9.59 Å². The van der Waals surface area contributed by atoms with Crippen molar-refractivity contribution in [2.45, 2.75) is 25.9 Å². The zero-order valence-corrected chi connectivity index (χ0v) is 17.3. The molecular weight excluding hydrogens is 376 g/mol. The molecule has 3 aromatic rings. The number of hydrogen-bond acceptors (Lipinski definition) is 3. The molecule has 1 fully saturated rings. The van der Waals surface area contributed by atoms with Crippen LogP contribution in [0.25, 0.3) is 0 Å². The molecule has 30 heavy (non-hydrogen) atoms. The van der Waals surface area contributed by atoms with Crippen LogP contribution in [0.1, 0.15) is 35.0 Å². The second kappa shape index (κ2) is 8.53. The third kappa shape index (κ3) is 4.27. The monoisotopic (exact) mass is 402 g/mol. The van der Waals surface area contributed by atoms with Gasteiger partial charge in [-0.25, -0.2) is 4.98 Å². The van der Waals surface area contributed by atoms with Gasteiger partial charge in [0.05, 0.1) is 5.92 Å². The third-order valence-electron chi connectivity index (χ3n) is 5.62. The summed E-state index contributed by atoms with van der Waals surface area (Å²) in [6, 6.07) is 17.6. The minimum atomic E-state index is -0.366. The zero-order chi connectivity index (χ0) is 21.1. The van der Waals surface area contributed by atoms with Gasteiger partial charge >= 0.3 is 0 Å². The van der Waals surface area contributed by atoms with Crippen LogP contribution in [0.4, 0.5) is 0 Å². The average Bonchev–Trinajstić information content (AvgIpc) is 3.34. The van der Waals surface area contributed by atoms with Gasteiger partial charge in [0, 0.05) is 39.0 Å². The molecule has 2 atom stereocenters. The molecule has 0 aliphatic carbocycles. The van der Waals surface area contributed by atoms with Crippen LogP contribution in [-0.2, 0) is 23.2 Å². The number of likely N-dealkylation sites (tertiary alicyclic amines) is 1. The van der Waals surface area contributed by atoms with E-state index in [2.05, 4.69) is 10.3 Å². The summed E-state index contributed by atoms with van der Waals surface area (Å²) in [7, 11) is 1.91. The summed E-state index contributed by atoms with van der Waals surface area (Å²) in [5, 5.41) is 3.13. The molecule has 2 unspecified atom stereocenters. The summed E-state index contributed by atoms with van der Waals surface area (Å²) in [4.78, 5) is 31.8. The molecule has 0 bridgehead atoms. The van der Waals surface area contributed by atoms with E-state index in [1.165, 1.54) is 5.56 Å². The molecule has 1 N–H and O–H groups in total. The van der Waals surface area contributed by atoms with Crippen LogP contribution in [-0.4, -0.2) is 32.8 Å². The van der Waals surface area contributed by atoms with Crippen molar-refractivity contribution in [1.82, 2.24) is 19.8 Å². The molecule has 1 aliphatic heterocycles. The first-order chi connectivity index (χ1) is 14.5. The number of hydrogen-bond donors (Lipinski definition) is 1. The highest BCUT2D eigenvalue weighted by molar-refractivity contribution is 5.89. The summed E-state index contributed by atoms with van der Waals surface area (Å²) < 4.78 is 1.90. The van der Waals surface area contributed by atoms with Crippen LogP contribution in [0.3, 0.4) is 0 Å². The number of benzene rings is 2. The van der Waals surface area contributed by atoms with Gasteiger partial charge in [0.1, 0.15) is 11.9 Å². The molecule has 1 saturated heterocycles. The van der Waals surface area contributed by atoms with Gasteiger partial charge in [-0.1, -0.05) is 60.2 Å². The van der Waals surface area contributed by atoms with E-state index in [0.29, 0.717) is 13.1 Å². The summed E-state index contributed by atoms with van der Waals surface area (Å²) >= 11 is 0. The first-order valence-electron chi connectivity index (χ1n) is 10.2. The normalized spacial score (nSPS) is 17.2. The summed E-state index contributed by atoms with van der Waals surface area (Å²) in [6.07, 6.45) is 3.82. The van der Waals surface area contributed by atoms with Crippen LogP contribution in [0, 0.1) is 12.8 Å². The molecule has 6 nitrogen and oxygen atoms in total. The SMILES string of the molecule is Cc1ccc(CN2CC(C(=O)NC(c3ccccc3)c3nccn3C)CC2=O)cc1. The van der Waals surface area contributed by atoms with Gasteiger partial charge in [-0.3, -0.25) is 9.59 Å². The van der Waals surface area contributed by atoms with Crippen molar-refractivity contribution >= 4 is 11.8 Å². The van der Waals surface area contributed by atoms with Gasteiger partial charge in [0.25, 0.3) is 0 Å². The number of amides is 2. The summed E-state index contributed by atoms with van der Waals surface area (Å²) in [5.41, 5.74) is 3.22. The predicted molar refractivity (Wildman–Crippen MR) is 114 cm³/mol. The lowest BCUT2D eigenvalue weighted by molar-refractivity contribution is -0.129. The lowest BCUT2D eigenvalue weighted by Gasteiger charge is -2.21. The number of carbonyl (C=O) groups is 2. The first kappa shape index (κ1) is 19.9. The van der Waals surface area contributed by atoms with Gasteiger partial charge in [-0.2, -0.15) is 0 Å². The topological polar surface area (TPSA) is 67.2 Å². The van der Waals surface area contributed by atoms with Crippen LogP contribution in [0.2, 0.25) is 0 Å². The number of carbonyl (C=O) groups excluding carboxylic acids is 2. The Morgan fingerprint density at radius 3 is 2.57 bits per heavy atom. The Kier molecular flexibility index (Phi) is 5.65. The van der Waals surface area contributed by atoms with Crippen LogP contribution >= 0.6 is 0 Å². The number of aromatic nitrogens is 2. The highest BCUT2D eigenvalue weighted by Gasteiger charge is 2.35. The second-order valence-corrected chi connectivity index (χ2v) is 7.91. The van der Waals surface area contributed by atoms with Gasteiger partial charge in [0.2, 0.25) is 11.8 Å². The molecule has 4 rings (SSSR count). The fraction of sp³-hybridized carbons (Fsp3) is 0.292. The van der Waals surface area contributed by atoms with E-state index >= 15 is 0 Å². The van der Waals surface area contributed by atoms with E-state index < -0.39 is 0 Å². The van der Waals surface area contributed by atoms with Crippen molar-refractivity contribution in [3.63, 3.8) is 0 Å². The number of imidazole rings is 1. The lowest BCUT2D eigenvalue weighted by Crippen LogP contribution is -2.37. The largest absolute Gasteiger partial charge is 0.342 e. The maximum atomic E-state index is 13.1. The molecule has 0 radical (unpaired) electrons. The predicted octanol–water partition coefficient (Wildman–Crippen LogP) is 2.98. The summed E-state index contributed by atoms with van der Waals surface area (Å²) in [6.45, 7) is 3.00. The molecular formula is C24H26N4O2. The highest BCUT2D eigenvalue weighted by atomic mass is 16.2. The van der Waals surface area contributed by atoms with Crippen molar-refractivity contribution < 1.29 is 9.59 Å². The van der Waals surface area contributed by atoms with E-state index in [1.54, 1.807) is 11.1 Å². The Balaban J connectivity index is 1.47. The number of nitrogens with one attached hydrogen (secondary N) is 1. The van der Waals surface area contributed by atoms with E-state index in [0.717, 1.165) is 17.0 Å². The van der Waals surface area contributed by atoms with Gasteiger partial charge in [0.15, 0.2) is 0 Å². The standard InChI is InChI=1S/C24H26N4O2/c1-17-8-10-18(11-9-17)15-28-16-20(14-21(28)29)24(30)26-22(19-6-4-3-5-7-19)23-25-12-13-27(23)2/h3-13,20,22H,14-16H2,1-2H3,(H,26,30). The molecule has 2 aromatic carbocycles. The van der Waals surface area contributed by atoms with Crippen molar-refractivity contribution in [2.24, 2.45) is 13.0 Å². The van der Waals surface area contributed by atoms with Crippen LogP contribution in [0.15, 0.2) is 67.0 Å². The minimum Gasteiger partial charge on any atom is -0.342 e. The molecule has 154 valence electrons. The van der Waals surface area contributed by atoms with Gasteiger partial charge in [-0.05, 0) is 18.1 Å². The van der Waals surface area contributed by atoms with Crippen LogP contribution < -0.4 is 5.32 Å². The molecule has 1 aliphatic rings. The fourth-order valence-corrected chi connectivity index (χ4v) is 3.87. The van der Waals surface area contributed by atoms with Crippen molar-refractivity contribution in [1.29, 1.82) is 0 Å². The van der Waals surface area contributed by atoms with Gasteiger partial charge in [-0.15, -0.1) is 0 Å². The number of nitrogens with zero attached hydrogens (tertiary/aromatic N) is 3. The molecule has 2 heterocycles. The Morgan fingerprint density at radius 2 is 1.90 bits per heavy atom. The first-order valence-corrected chi connectivity index (χ1v) is 10.2. The fourth-order valence-electron chi connectivity index (χ4n) is 3.87. The van der Waals surface area contributed by atoms with E-state index in [4.69, 9.17) is 0 Å². The van der Waals surface area contributed by atoms with E-state index in [1.807, 2.05) is 79.3 Å². The van der Waals surface area contributed by atoms with Crippen LogP contribution in [0.5, 0.6) is 0 Å². The minimum absolute atomic E-state index is 0.0176. The number of aryl methyl sites for hydroxylation is 2. The second-order valence-electron chi connectivity index (χ2n) is 7.91. The third-order valence-corrected chi connectivity index (χ3v) is 5.62. The molecule has 1 aromatic heterocycles. The molecule has 2 amide bonds. The van der Waals surface area contributed by atoms with Crippen molar-refractivity contribution in [2.75, 3.05) is 6.54 Å². The maximum Gasteiger partial charge on any atom is 0.226 e.